The van der Waals surface area contributed by atoms with Crippen LogP contribution in [-0.2, 0) is 0 Å². The van der Waals surface area contributed by atoms with Crippen molar-refractivity contribution in [2.24, 2.45) is 0 Å². The Morgan fingerprint density at radius 3 is 2.40 bits per heavy atom. The first-order chi connectivity index (χ1) is 7.24. The largest absolute Gasteiger partial charge is 0.375 e. The number of benzene rings is 1. The summed E-state index contributed by atoms with van der Waals surface area (Å²) in [5, 5.41) is 0. The van der Waals surface area contributed by atoms with Crippen LogP contribution < -0.4 is 4.90 Å². The van der Waals surface area contributed by atoms with E-state index in [1.807, 2.05) is 19.2 Å². The van der Waals surface area contributed by atoms with E-state index < -0.39 is 0 Å². The lowest BCUT2D eigenvalue weighted by atomic mass is 10.2. The zero-order valence-electron chi connectivity index (χ0n) is 9.12. The van der Waals surface area contributed by atoms with Gasteiger partial charge in [-0.3, -0.25) is 0 Å². The van der Waals surface area contributed by atoms with E-state index in [9.17, 15) is 4.39 Å². The lowest BCUT2D eigenvalue weighted by Gasteiger charge is -2.18. The van der Waals surface area contributed by atoms with Gasteiger partial charge in [-0.25, -0.2) is 4.39 Å². The van der Waals surface area contributed by atoms with Gasteiger partial charge in [-0.05, 0) is 42.9 Å². The molecule has 0 spiro atoms. The maximum absolute atomic E-state index is 12.7. The summed E-state index contributed by atoms with van der Waals surface area (Å²) in [5.41, 5.74) is 1.07. The Kier molecular flexibility index (Phi) is 5.54. The summed E-state index contributed by atoms with van der Waals surface area (Å²) in [6.07, 6.45) is 3.53. The van der Waals surface area contributed by atoms with E-state index in [1.54, 1.807) is 0 Å². The molecule has 0 N–H and O–H groups in total. The van der Waals surface area contributed by atoms with Gasteiger partial charge in [0.05, 0.1) is 0 Å². The van der Waals surface area contributed by atoms with Crippen LogP contribution in [0.4, 0.5) is 10.1 Å². The van der Waals surface area contributed by atoms with Crippen LogP contribution in [-0.4, -0.2) is 19.3 Å². The van der Waals surface area contributed by atoms with E-state index >= 15 is 0 Å². The quantitative estimate of drug-likeness (QED) is 0.576. The number of thiol groups is 1. The van der Waals surface area contributed by atoms with Crippen molar-refractivity contribution in [2.75, 3.05) is 24.2 Å². The first-order valence-corrected chi connectivity index (χ1v) is 5.95. The van der Waals surface area contributed by atoms with Crippen LogP contribution in [0.3, 0.4) is 0 Å². The molecule has 0 radical (unpaired) electrons. The van der Waals surface area contributed by atoms with Gasteiger partial charge in [0.15, 0.2) is 0 Å². The van der Waals surface area contributed by atoms with Crippen LogP contribution in [0, 0.1) is 5.82 Å². The van der Waals surface area contributed by atoms with Gasteiger partial charge in [0.25, 0.3) is 0 Å². The monoisotopic (exact) mass is 227 g/mol. The highest BCUT2D eigenvalue weighted by Gasteiger charge is 2.00. The van der Waals surface area contributed by atoms with Gasteiger partial charge in [-0.15, -0.1) is 0 Å². The van der Waals surface area contributed by atoms with Gasteiger partial charge >= 0.3 is 0 Å². The molecule has 1 nitrogen and oxygen atoms in total. The summed E-state index contributed by atoms with van der Waals surface area (Å²) in [4.78, 5) is 2.15. The van der Waals surface area contributed by atoms with Gasteiger partial charge in [0, 0.05) is 19.3 Å². The molecule has 0 bridgehead atoms. The second-order valence-corrected chi connectivity index (χ2v) is 4.13. The molecule has 0 unspecified atom stereocenters. The molecule has 0 amide bonds. The molecular formula is C12H18FNS. The fourth-order valence-corrected chi connectivity index (χ4v) is 1.69. The molecule has 15 heavy (non-hydrogen) atoms. The Morgan fingerprint density at radius 2 is 1.80 bits per heavy atom. The zero-order chi connectivity index (χ0) is 11.1. The molecular weight excluding hydrogens is 209 g/mol. The number of unbranched alkanes of at least 4 members (excludes halogenated alkanes) is 2. The normalized spacial score (nSPS) is 10.3. The number of nitrogens with zero attached hydrogens (tertiary/aromatic N) is 1. The standard InChI is InChI=1S/C12H18FNS/c1-14(9-3-2-4-10-15)12-7-5-11(13)6-8-12/h5-8,15H,2-4,9-10H2,1H3. The fraction of sp³-hybridized carbons (Fsp3) is 0.500. The Labute approximate surface area is 96.7 Å². The Balaban J connectivity index is 2.33. The van der Waals surface area contributed by atoms with E-state index in [1.165, 1.54) is 25.0 Å². The van der Waals surface area contributed by atoms with E-state index in [0.29, 0.717) is 0 Å². The predicted molar refractivity (Wildman–Crippen MR) is 67.4 cm³/mol. The van der Waals surface area contributed by atoms with E-state index in [4.69, 9.17) is 0 Å². The summed E-state index contributed by atoms with van der Waals surface area (Å²) in [6, 6.07) is 6.63. The van der Waals surface area contributed by atoms with Gasteiger partial charge in [-0.1, -0.05) is 6.42 Å². The van der Waals surface area contributed by atoms with Crippen molar-refractivity contribution in [1.29, 1.82) is 0 Å². The van der Waals surface area contributed by atoms with Crippen molar-refractivity contribution in [1.82, 2.24) is 0 Å². The predicted octanol–water partition coefficient (Wildman–Crippen LogP) is 3.36. The average Bonchev–Trinajstić information content (AvgIpc) is 2.25. The number of hydrogen-bond acceptors (Lipinski definition) is 2. The molecule has 1 rings (SSSR count). The van der Waals surface area contributed by atoms with Crippen molar-refractivity contribution in [3.8, 4) is 0 Å². The summed E-state index contributed by atoms with van der Waals surface area (Å²) >= 11 is 4.17. The highest BCUT2D eigenvalue weighted by molar-refractivity contribution is 7.80. The third kappa shape index (κ3) is 4.56. The molecule has 0 aromatic heterocycles. The van der Waals surface area contributed by atoms with Crippen molar-refractivity contribution in [2.45, 2.75) is 19.3 Å². The second-order valence-electron chi connectivity index (χ2n) is 3.68. The number of hydrogen-bond donors (Lipinski definition) is 1. The average molecular weight is 227 g/mol. The molecule has 0 atom stereocenters. The van der Waals surface area contributed by atoms with Crippen molar-refractivity contribution in [3.05, 3.63) is 30.1 Å². The molecule has 0 aliphatic rings. The zero-order valence-corrected chi connectivity index (χ0v) is 10.0. The van der Waals surface area contributed by atoms with Gasteiger partial charge in [0.1, 0.15) is 5.82 Å². The summed E-state index contributed by atoms with van der Waals surface area (Å²) in [6.45, 7) is 1.01. The van der Waals surface area contributed by atoms with Crippen LogP contribution in [0.1, 0.15) is 19.3 Å². The minimum Gasteiger partial charge on any atom is -0.375 e. The van der Waals surface area contributed by atoms with Crippen molar-refractivity contribution < 1.29 is 4.39 Å². The van der Waals surface area contributed by atoms with Gasteiger partial charge in [0.2, 0.25) is 0 Å². The summed E-state index contributed by atoms with van der Waals surface area (Å²) < 4.78 is 12.7. The van der Waals surface area contributed by atoms with Crippen LogP contribution in [0.15, 0.2) is 24.3 Å². The van der Waals surface area contributed by atoms with Crippen molar-refractivity contribution >= 4 is 18.3 Å². The highest BCUT2D eigenvalue weighted by Crippen LogP contribution is 2.13. The van der Waals surface area contributed by atoms with Crippen LogP contribution in [0.25, 0.3) is 0 Å². The fourth-order valence-electron chi connectivity index (χ4n) is 1.46. The maximum atomic E-state index is 12.7. The minimum atomic E-state index is -0.178. The Hall–Kier alpha value is -0.700. The highest BCUT2D eigenvalue weighted by atomic mass is 32.1. The Morgan fingerprint density at radius 1 is 1.13 bits per heavy atom. The van der Waals surface area contributed by atoms with Crippen LogP contribution >= 0.6 is 12.6 Å². The second kappa shape index (κ2) is 6.72. The first-order valence-electron chi connectivity index (χ1n) is 5.31. The third-order valence-electron chi connectivity index (χ3n) is 2.42. The van der Waals surface area contributed by atoms with E-state index in [-0.39, 0.29) is 5.82 Å². The molecule has 0 aliphatic carbocycles. The van der Waals surface area contributed by atoms with Gasteiger partial charge < -0.3 is 4.90 Å². The van der Waals surface area contributed by atoms with E-state index in [2.05, 4.69) is 17.5 Å². The molecule has 0 fully saturated rings. The number of anilines is 1. The molecule has 0 aliphatic heterocycles. The van der Waals surface area contributed by atoms with Crippen LogP contribution in [0.2, 0.25) is 0 Å². The first kappa shape index (κ1) is 12.4. The summed E-state index contributed by atoms with van der Waals surface area (Å²) in [7, 11) is 2.04. The Bertz CT molecular complexity index is 273. The maximum Gasteiger partial charge on any atom is 0.123 e. The van der Waals surface area contributed by atoms with Crippen molar-refractivity contribution in [3.63, 3.8) is 0 Å². The molecule has 0 saturated heterocycles. The molecule has 1 aromatic rings. The number of rotatable bonds is 6. The van der Waals surface area contributed by atoms with Crippen LogP contribution in [0.5, 0.6) is 0 Å². The summed E-state index contributed by atoms with van der Waals surface area (Å²) in [5.74, 6) is 0.780. The van der Waals surface area contributed by atoms with E-state index in [0.717, 1.165) is 24.4 Å². The smallest absolute Gasteiger partial charge is 0.123 e. The minimum absolute atomic E-state index is 0.178. The number of halogens is 1. The molecule has 0 heterocycles. The topological polar surface area (TPSA) is 3.24 Å². The SMILES string of the molecule is CN(CCCCCS)c1ccc(F)cc1. The lowest BCUT2D eigenvalue weighted by molar-refractivity contribution is 0.627. The third-order valence-corrected chi connectivity index (χ3v) is 2.74. The van der Waals surface area contributed by atoms with Gasteiger partial charge in [-0.2, -0.15) is 12.6 Å². The molecule has 0 saturated carbocycles. The molecule has 1 aromatic carbocycles. The molecule has 84 valence electrons. The molecule has 3 heteroatoms. The lowest BCUT2D eigenvalue weighted by Crippen LogP contribution is -2.18.